The van der Waals surface area contributed by atoms with Gasteiger partial charge < -0.3 is 15.3 Å². The number of piperidine rings is 1. The van der Waals surface area contributed by atoms with Gasteiger partial charge in [-0.1, -0.05) is 0 Å². The van der Waals surface area contributed by atoms with Crippen LogP contribution in [0.15, 0.2) is 0 Å². The molecule has 0 saturated carbocycles. The summed E-state index contributed by atoms with van der Waals surface area (Å²) in [5.41, 5.74) is 0. The lowest BCUT2D eigenvalue weighted by Gasteiger charge is -2.32. The molecule has 2 aliphatic rings. The molecular weight excluding hydrogens is 188 g/mol. The normalized spacial score (nSPS) is 26.2. The van der Waals surface area contributed by atoms with Gasteiger partial charge in [-0.25, -0.2) is 0 Å². The van der Waals surface area contributed by atoms with E-state index in [2.05, 4.69) is 10.2 Å². The number of likely N-dealkylation sites (tertiary alicyclic amines) is 1. The lowest BCUT2D eigenvalue weighted by atomic mass is 9.89. The van der Waals surface area contributed by atoms with Gasteiger partial charge in [-0.2, -0.15) is 0 Å². The van der Waals surface area contributed by atoms with E-state index in [0.29, 0.717) is 5.92 Å². The van der Waals surface area contributed by atoms with E-state index in [-0.39, 0.29) is 6.10 Å². The summed E-state index contributed by atoms with van der Waals surface area (Å²) < 4.78 is 0. The lowest BCUT2D eigenvalue weighted by molar-refractivity contribution is 0.0724. The molecule has 1 atom stereocenters. The van der Waals surface area contributed by atoms with Crippen LogP contribution in [0, 0.1) is 5.92 Å². The number of aliphatic hydroxyl groups is 1. The zero-order chi connectivity index (χ0) is 10.5. The molecule has 2 heterocycles. The predicted octanol–water partition coefficient (Wildman–Crippen LogP) is 0.833. The monoisotopic (exact) mass is 212 g/mol. The summed E-state index contributed by atoms with van der Waals surface area (Å²) >= 11 is 0. The van der Waals surface area contributed by atoms with Gasteiger partial charge in [-0.3, -0.25) is 0 Å². The Hall–Kier alpha value is -0.120. The van der Waals surface area contributed by atoms with E-state index in [1.807, 2.05) is 0 Å². The smallest absolute Gasteiger partial charge is 0.0569 e. The van der Waals surface area contributed by atoms with E-state index in [0.717, 1.165) is 32.4 Å². The van der Waals surface area contributed by atoms with Crippen LogP contribution in [0.5, 0.6) is 0 Å². The fourth-order valence-electron chi connectivity index (χ4n) is 2.59. The minimum Gasteiger partial charge on any atom is -0.393 e. The molecule has 88 valence electrons. The van der Waals surface area contributed by atoms with Crippen molar-refractivity contribution in [2.75, 3.05) is 32.7 Å². The Morgan fingerprint density at radius 3 is 2.60 bits per heavy atom. The van der Waals surface area contributed by atoms with E-state index in [1.165, 1.54) is 32.5 Å². The van der Waals surface area contributed by atoms with Crippen molar-refractivity contribution >= 4 is 0 Å². The number of aliphatic hydroxyl groups excluding tert-OH is 1. The highest BCUT2D eigenvalue weighted by atomic mass is 16.3. The molecule has 0 bridgehead atoms. The average molecular weight is 212 g/mol. The number of nitrogens with one attached hydrogen (secondary N) is 1. The molecule has 0 aromatic heterocycles. The Bertz CT molecular complexity index is 176. The summed E-state index contributed by atoms with van der Waals surface area (Å²) in [4.78, 5) is 2.48. The molecular formula is C12H24N2O. The van der Waals surface area contributed by atoms with E-state index in [9.17, 15) is 5.11 Å². The highest BCUT2D eigenvalue weighted by Crippen LogP contribution is 2.20. The second-order valence-corrected chi connectivity index (χ2v) is 4.99. The predicted molar refractivity (Wildman–Crippen MR) is 61.9 cm³/mol. The van der Waals surface area contributed by atoms with Gasteiger partial charge in [0.2, 0.25) is 0 Å². The molecule has 0 aliphatic carbocycles. The minimum atomic E-state index is -0.0478. The zero-order valence-electron chi connectivity index (χ0n) is 9.62. The van der Waals surface area contributed by atoms with Gasteiger partial charge in [-0.05, 0) is 70.7 Å². The quantitative estimate of drug-likeness (QED) is 0.708. The molecule has 0 radical (unpaired) electrons. The van der Waals surface area contributed by atoms with Crippen LogP contribution in [0.3, 0.4) is 0 Å². The fraction of sp³-hybridized carbons (Fsp3) is 1.00. The van der Waals surface area contributed by atoms with Gasteiger partial charge in [0, 0.05) is 0 Å². The van der Waals surface area contributed by atoms with Crippen molar-refractivity contribution in [2.24, 2.45) is 5.92 Å². The van der Waals surface area contributed by atoms with Crippen LogP contribution in [-0.2, 0) is 0 Å². The number of hydrogen-bond acceptors (Lipinski definition) is 3. The van der Waals surface area contributed by atoms with Gasteiger partial charge in [0.05, 0.1) is 6.10 Å². The molecule has 2 aliphatic heterocycles. The van der Waals surface area contributed by atoms with E-state index >= 15 is 0 Å². The lowest BCUT2D eigenvalue weighted by Crippen LogP contribution is -2.38. The first-order valence-electron chi connectivity index (χ1n) is 6.47. The van der Waals surface area contributed by atoms with Crippen LogP contribution in [0.4, 0.5) is 0 Å². The average Bonchev–Trinajstić information content (AvgIpc) is 2.23. The zero-order valence-corrected chi connectivity index (χ0v) is 9.62. The standard InChI is InChI=1S/C12H24N2O/c15-12(11-4-6-13-7-5-11)3-1-8-14-9-2-10-14/h11-13,15H,1-10H2. The topological polar surface area (TPSA) is 35.5 Å². The van der Waals surface area contributed by atoms with Crippen molar-refractivity contribution in [3.8, 4) is 0 Å². The van der Waals surface area contributed by atoms with Crippen molar-refractivity contribution in [2.45, 2.75) is 38.2 Å². The van der Waals surface area contributed by atoms with Crippen LogP contribution in [0.2, 0.25) is 0 Å². The van der Waals surface area contributed by atoms with Crippen molar-refractivity contribution in [3.05, 3.63) is 0 Å². The van der Waals surface area contributed by atoms with E-state index in [1.54, 1.807) is 0 Å². The Labute approximate surface area is 92.8 Å². The highest BCUT2D eigenvalue weighted by Gasteiger charge is 2.21. The Balaban J connectivity index is 1.56. The summed E-state index contributed by atoms with van der Waals surface area (Å²) in [6.07, 6.45) is 5.81. The summed E-state index contributed by atoms with van der Waals surface area (Å²) in [7, 11) is 0. The molecule has 3 nitrogen and oxygen atoms in total. The SMILES string of the molecule is OC(CCCN1CCC1)C1CCNCC1. The number of rotatable bonds is 5. The maximum absolute atomic E-state index is 10.0. The molecule has 2 N–H and O–H groups in total. The maximum atomic E-state index is 10.0. The van der Waals surface area contributed by atoms with E-state index in [4.69, 9.17) is 0 Å². The van der Waals surface area contributed by atoms with Crippen molar-refractivity contribution < 1.29 is 5.11 Å². The van der Waals surface area contributed by atoms with Crippen molar-refractivity contribution in [3.63, 3.8) is 0 Å². The van der Waals surface area contributed by atoms with Crippen LogP contribution in [0.1, 0.15) is 32.1 Å². The summed E-state index contributed by atoms with van der Waals surface area (Å²) in [6, 6.07) is 0. The van der Waals surface area contributed by atoms with Crippen LogP contribution < -0.4 is 5.32 Å². The molecule has 2 rings (SSSR count). The Morgan fingerprint density at radius 1 is 1.27 bits per heavy atom. The molecule has 0 aromatic carbocycles. The molecule has 0 aromatic rings. The fourth-order valence-corrected chi connectivity index (χ4v) is 2.59. The summed E-state index contributed by atoms with van der Waals surface area (Å²) in [6.45, 7) is 5.94. The molecule has 0 amide bonds. The first-order chi connectivity index (χ1) is 7.36. The third-order valence-electron chi connectivity index (χ3n) is 3.85. The Morgan fingerprint density at radius 2 is 2.00 bits per heavy atom. The van der Waals surface area contributed by atoms with Crippen LogP contribution in [-0.4, -0.2) is 48.8 Å². The third-order valence-corrected chi connectivity index (χ3v) is 3.85. The second-order valence-electron chi connectivity index (χ2n) is 4.99. The van der Waals surface area contributed by atoms with Gasteiger partial charge in [0.1, 0.15) is 0 Å². The van der Waals surface area contributed by atoms with Crippen molar-refractivity contribution in [1.29, 1.82) is 0 Å². The minimum absolute atomic E-state index is 0.0478. The Kier molecular flexibility index (Phi) is 4.42. The van der Waals surface area contributed by atoms with Gasteiger partial charge >= 0.3 is 0 Å². The molecule has 3 heteroatoms. The number of nitrogens with zero attached hydrogens (tertiary/aromatic N) is 1. The summed E-state index contributed by atoms with van der Waals surface area (Å²) in [5, 5.41) is 13.4. The number of hydrogen-bond donors (Lipinski definition) is 2. The second kappa shape index (κ2) is 5.83. The molecule has 0 spiro atoms. The third kappa shape index (κ3) is 3.44. The summed E-state index contributed by atoms with van der Waals surface area (Å²) in [5.74, 6) is 0.558. The molecule has 15 heavy (non-hydrogen) atoms. The highest BCUT2D eigenvalue weighted by molar-refractivity contribution is 4.76. The first-order valence-corrected chi connectivity index (χ1v) is 6.47. The van der Waals surface area contributed by atoms with Gasteiger partial charge in [0.25, 0.3) is 0 Å². The molecule has 2 saturated heterocycles. The maximum Gasteiger partial charge on any atom is 0.0569 e. The molecule has 2 fully saturated rings. The van der Waals surface area contributed by atoms with E-state index < -0.39 is 0 Å². The largest absolute Gasteiger partial charge is 0.393 e. The first kappa shape index (κ1) is 11.4. The van der Waals surface area contributed by atoms with Crippen LogP contribution >= 0.6 is 0 Å². The van der Waals surface area contributed by atoms with Crippen LogP contribution in [0.25, 0.3) is 0 Å². The molecule has 1 unspecified atom stereocenters. The van der Waals surface area contributed by atoms with Gasteiger partial charge in [-0.15, -0.1) is 0 Å². The van der Waals surface area contributed by atoms with Crippen molar-refractivity contribution in [1.82, 2.24) is 10.2 Å². The van der Waals surface area contributed by atoms with Gasteiger partial charge in [0.15, 0.2) is 0 Å².